The van der Waals surface area contributed by atoms with E-state index < -0.39 is 11.2 Å². The lowest BCUT2D eigenvalue weighted by Gasteiger charge is -2.22. The summed E-state index contributed by atoms with van der Waals surface area (Å²) < 4.78 is 0. The Labute approximate surface area is 99.8 Å². The maximum Gasteiger partial charge on any atom is 0.308 e. The van der Waals surface area contributed by atoms with Crippen molar-refractivity contribution in [2.75, 3.05) is 0 Å². The van der Waals surface area contributed by atoms with E-state index in [9.17, 15) is 10.0 Å². The molecule has 0 spiro atoms. The molecule has 0 aliphatic heterocycles. The largest absolute Gasteiger partial charge is 0.595 e. The number of carboxylic acid groups (broad SMARTS) is 1. The Morgan fingerprint density at radius 3 is 2.41 bits per heavy atom. The van der Waals surface area contributed by atoms with Gasteiger partial charge in [0, 0.05) is 11.6 Å². The summed E-state index contributed by atoms with van der Waals surface area (Å²) in [5.74, 6) is -1.03. The molecule has 0 saturated heterocycles. The molecule has 0 saturated carbocycles. The maximum absolute atomic E-state index is 11.1. The first kappa shape index (κ1) is 13.6. The van der Waals surface area contributed by atoms with Gasteiger partial charge < -0.3 is 10.3 Å². The first-order valence-corrected chi connectivity index (χ1v) is 5.30. The van der Waals surface area contributed by atoms with E-state index in [1.54, 1.807) is 18.2 Å². The molecular formula is C12H17NO4. The Morgan fingerprint density at radius 1 is 1.41 bits per heavy atom. The highest BCUT2D eigenvalue weighted by Gasteiger charge is 2.19. The first-order chi connectivity index (χ1) is 7.71. The van der Waals surface area contributed by atoms with E-state index in [1.165, 1.54) is 0 Å². The SMILES string of the molecule is CC(C)(C)c1ccc(CC(=O)O)c([NH+]([O-])O)c1. The van der Waals surface area contributed by atoms with E-state index in [4.69, 9.17) is 10.3 Å². The zero-order chi connectivity index (χ0) is 13.2. The van der Waals surface area contributed by atoms with Crippen molar-refractivity contribution in [3.63, 3.8) is 0 Å². The van der Waals surface area contributed by atoms with Crippen LogP contribution in [0.3, 0.4) is 0 Å². The Hall–Kier alpha value is -1.43. The predicted molar refractivity (Wildman–Crippen MR) is 62.3 cm³/mol. The van der Waals surface area contributed by atoms with Crippen LogP contribution in [0.4, 0.5) is 5.69 Å². The van der Waals surface area contributed by atoms with E-state index in [0.29, 0.717) is 5.56 Å². The third-order valence-corrected chi connectivity index (χ3v) is 2.55. The van der Waals surface area contributed by atoms with Crippen LogP contribution < -0.4 is 5.23 Å². The molecule has 0 bridgehead atoms. The van der Waals surface area contributed by atoms with Crippen LogP contribution in [-0.4, -0.2) is 16.3 Å². The molecule has 3 N–H and O–H groups in total. The van der Waals surface area contributed by atoms with Gasteiger partial charge in [0.05, 0.1) is 6.42 Å². The molecule has 1 rings (SSSR count). The van der Waals surface area contributed by atoms with E-state index >= 15 is 0 Å². The van der Waals surface area contributed by atoms with Gasteiger partial charge in [-0.05, 0) is 11.0 Å². The third-order valence-electron chi connectivity index (χ3n) is 2.55. The molecule has 0 radical (unpaired) electrons. The maximum atomic E-state index is 11.1. The minimum atomic E-state index is -1.09. The molecule has 94 valence electrons. The summed E-state index contributed by atoms with van der Waals surface area (Å²) in [4.78, 5) is 10.6. The summed E-state index contributed by atoms with van der Waals surface area (Å²) >= 11 is 0. The summed E-state index contributed by atoms with van der Waals surface area (Å²) in [7, 11) is 0. The number of benzene rings is 1. The van der Waals surface area contributed by atoms with Gasteiger partial charge in [0.15, 0.2) is 5.69 Å². The molecule has 1 aromatic rings. The molecule has 17 heavy (non-hydrogen) atoms. The van der Waals surface area contributed by atoms with Crippen molar-refractivity contribution in [3.05, 3.63) is 34.5 Å². The van der Waals surface area contributed by atoms with Gasteiger partial charge in [-0.2, -0.15) is 5.23 Å². The van der Waals surface area contributed by atoms with Crippen LogP contribution in [0, 0.1) is 5.21 Å². The first-order valence-electron chi connectivity index (χ1n) is 5.30. The number of hydrogen-bond donors (Lipinski definition) is 3. The highest BCUT2D eigenvalue weighted by molar-refractivity contribution is 5.72. The average molecular weight is 239 g/mol. The van der Waals surface area contributed by atoms with Crippen molar-refractivity contribution in [2.24, 2.45) is 0 Å². The average Bonchev–Trinajstić information content (AvgIpc) is 2.15. The minimum absolute atomic E-state index is 0.0693. The second-order valence-electron chi connectivity index (χ2n) is 5.00. The summed E-state index contributed by atoms with van der Waals surface area (Å²) in [6, 6.07) is 4.92. The summed E-state index contributed by atoms with van der Waals surface area (Å²) in [5.41, 5.74) is 1.12. The Morgan fingerprint density at radius 2 is 2.00 bits per heavy atom. The van der Waals surface area contributed by atoms with E-state index in [-0.39, 0.29) is 17.5 Å². The van der Waals surface area contributed by atoms with E-state index in [2.05, 4.69) is 0 Å². The van der Waals surface area contributed by atoms with Crippen molar-refractivity contribution < 1.29 is 20.3 Å². The van der Waals surface area contributed by atoms with Gasteiger partial charge in [0.25, 0.3) is 0 Å². The van der Waals surface area contributed by atoms with Gasteiger partial charge in [0.2, 0.25) is 0 Å². The zero-order valence-electron chi connectivity index (χ0n) is 10.2. The number of nitrogens with one attached hydrogen (secondary N) is 1. The van der Waals surface area contributed by atoms with Gasteiger partial charge >= 0.3 is 5.97 Å². The topological polar surface area (TPSA) is 85.0 Å². The lowest BCUT2D eigenvalue weighted by atomic mass is 9.86. The van der Waals surface area contributed by atoms with Gasteiger partial charge in [-0.25, -0.2) is 5.21 Å². The minimum Gasteiger partial charge on any atom is -0.595 e. The number of hydrogen-bond acceptors (Lipinski definition) is 3. The Balaban J connectivity index is 3.22. The molecule has 5 heteroatoms. The van der Waals surface area contributed by atoms with Crippen molar-refractivity contribution in [3.8, 4) is 0 Å². The summed E-state index contributed by atoms with van der Waals surface area (Å²) in [5, 5.41) is 27.8. The fourth-order valence-electron chi connectivity index (χ4n) is 1.56. The van der Waals surface area contributed by atoms with Crippen molar-refractivity contribution >= 4 is 11.7 Å². The van der Waals surface area contributed by atoms with Crippen LogP contribution in [-0.2, 0) is 16.6 Å². The van der Waals surface area contributed by atoms with Crippen LogP contribution in [0.25, 0.3) is 0 Å². The second-order valence-corrected chi connectivity index (χ2v) is 5.00. The fraction of sp³-hybridized carbons (Fsp3) is 0.417. The summed E-state index contributed by atoms with van der Waals surface area (Å²) in [6.45, 7) is 5.93. The van der Waals surface area contributed by atoms with Crippen LogP contribution in [0.1, 0.15) is 31.9 Å². The Kier molecular flexibility index (Phi) is 3.87. The molecule has 0 aliphatic carbocycles. The molecule has 0 aliphatic rings. The number of carbonyl (C=O) groups is 1. The van der Waals surface area contributed by atoms with Crippen molar-refractivity contribution in [1.82, 2.24) is 0 Å². The molecule has 1 unspecified atom stereocenters. The number of aliphatic carboxylic acids is 1. The molecule has 1 aromatic carbocycles. The molecule has 1 atom stereocenters. The third kappa shape index (κ3) is 3.52. The fourth-order valence-corrected chi connectivity index (χ4v) is 1.56. The van der Waals surface area contributed by atoms with Crippen LogP contribution in [0.5, 0.6) is 0 Å². The lowest BCUT2D eigenvalue weighted by molar-refractivity contribution is -0.991. The zero-order valence-corrected chi connectivity index (χ0v) is 10.2. The molecule has 0 aromatic heterocycles. The number of quaternary nitrogens is 1. The van der Waals surface area contributed by atoms with E-state index in [0.717, 1.165) is 5.56 Å². The van der Waals surface area contributed by atoms with Crippen molar-refractivity contribution in [1.29, 1.82) is 0 Å². The molecule has 0 amide bonds. The van der Waals surface area contributed by atoms with Gasteiger partial charge in [-0.15, -0.1) is 0 Å². The molecular weight excluding hydrogens is 222 g/mol. The van der Waals surface area contributed by atoms with Crippen LogP contribution in [0.15, 0.2) is 18.2 Å². The predicted octanol–water partition coefficient (Wildman–Crippen LogP) is 1.01. The molecule has 5 nitrogen and oxygen atoms in total. The van der Waals surface area contributed by atoms with Gasteiger partial charge in [-0.1, -0.05) is 32.9 Å². The van der Waals surface area contributed by atoms with Crippen molar-refractivity contribution in [2.45, 2.75) is 32.6 Å². The standard InChI is InChI=1S/C12H17NO4/c1-12(2,3)9-5-4-8(6-11(14)15)10(7-9)13(16)17/h4-5,7,13,16H,6H2,1-3H3,(H,14,15). The Bertz CT molecular complexity index is 421. The smallest absolute Gasteiger partial charge is 0.308 e. The van der Waals surface area contributed by atoms with Gasteiger partial charge in [0.1, 0.15) is 0 Å². The normalized spacial score (nSPS) is 13.5. The second kappa shape index (κ2) is 4.83. The molecule has 0 fully saturated rings. The molecule has 0 heterocycles. The summed E-state index contributed by atoms with van der Waals surface area (Å²) in [6.07, 6.45) is -0.272. The monoisotopic (exact) mass is 239 g/mol. The number of carboxylic acids is 1. The number of rotatable bonds is 3. The van der Waals surface area contributed by atoms with Crippen LogP contribution in [0.2, 0.25) is 0 Å². The van der Waals surface area contributed by atoms with E-state index in [1.807, 2.05) is 20.8 Å². The lowest BCUT2D eigenvalue weighted by Crippen LogP contribution is -2.99. The highest BCUT2D eigenvalue weighted by Crippen LogP contribution is 2.25. The van der Waals surface area contributed by atoms with Gasteiger partial charge in [-0.3, -0.25) is 4.79 Å². The highest BCUT2D eigenvalue weighted by atomic mass is 16.8. The quantitative estimate of drug-likeness (QED) is 0.687. The van der Waals surface area contributed by atoms with Crippen LogP contribution >= 0.6 is 0 Å².